The zero-order valence-corrected chi connectivity index (χ0v) is 15.8. The maximum absolute atomic E-state index is 12.2. The Balaban J connectivity index is 1.85. The lowest BCUT2D eigenvalue weighted by Crippen LogP contribution is -2.43. The standard InChI is InChI=1S/C19H27N3O4/c1-19(2,3)22-11-13(8-17(22)24)10-21(4)12-16(23)20-15-7-5-6-14(9-15)18(25)26/h5-7,9,13H,8,10-12H2,1-4H3,(H,20,23)(H,25,26). The number of likely N-dealkylation sites (tertiary alicyclic amines) is 1. The first kappa shape index (κ1) is 19.9. The van der Waals surface area contributed by atoms with Crippen LogP contribution in [0.3, 0.4) is 0 Å². The smallest absolute Gasteiger partial charge is 0.335 e. The summed E-state index contributed by atoms with van der Waals surface area (Å²) in [6, 6.07) is 6.15. The van der Waals surface area contributed by atoms with Gasteiger partial charge < -0.3 is 15.3 Å². The van der Waals surface area contributed by atoms with Crippen molar-refractivity contribution in [2.75, 3.05) is 32.0 Å². The van der Waals surface area contributed by atoms with E-state index in [1.54, 1.807) is 12.1 Å². The molecule has 1 aromatic carbocycles. The lowest BCUT2D eigenvalue weighted by atomic mass is 10.1. The number of nitrogens with one attached hydrogen (secondary N) is 1. The minimum Gasteiger partial charge on any atom is -0.478 e. The summed E-state index contributed by atoms with van der Waals surface area (Å²) < 4.78 is 0. The zero-order valence-electron chi connectivity index (χ0n) is 15.8. The summed E-state index contributed by atoms with van der Waals surface area (Å²) in [7, 11) is 1.84. The van der Waals surface area contributed by atoms with Crippen LogP contribution in [0.2, 0.25) is 0 Å². The molecule has 0 bridgehead atoms. The summed E-state index contributed by atoms with van der Waals surface area (Å²) >= 11 is 0. The van der Waals surface area contributed by atoms with E-state index in [0.29, 0.717) is 25.2 Å². The van der Waals surface area contributed by atoms with Gasteiger partial charge in [0.25, 0.3) is 0 Å². The third-order valence-corrected chi connectivity index (χ3v) is 4.39. The molecular formula is C19H27N3O4. The number of nitrogens with zero attached hydrogens (tertiary/aromatic N) is 2. The lowest BCUT2D eigenvalue weighted by Gasteiger charge is -2.32. The summed E-state index contributed by atoms with van der Waals surface area (Å²) in [5, 5.41) is 11.7. The minimum atomic E-state index is -1.03. The van der Waals surface area contributed by atoms with E-state index < -0.39 is 5.97 Å². The topological polar surface area (TPSA) is 90.0 Å². The second-order valence-corrected chi connectivity index (χ2v) is 7.88. The van der Waals surface area contributed by atoms with Gasteiger partial charge in [-0.05, 0) is 51.9 Å². The largest absolute Gasteiger partial charge is 0.478 e. The summed E-state index contributed by atoms with van der Waals surface area (Å²) in [6.07, 6.45) is 0.504. The van der Waals surface area contributed by atoms with Gasteiger partial charge in [-0.1, -0.05) is 6.07 Å². The second kappa shape index (κ2) is 7.86. The molecule has 0 aromatic heterocycles. The van der Waals surface area contributed by atoms with Crippen LogP contribution in [0.4, 0.5) is 5.69 Å². The third-order valence-electron chi connectivity index (χ3n) is 4.39. The summed E-state index contributed by atoms with van der Waals surface area (Å²) in [6.45, 7) is 7.61. The number of carboxylic acids is 1. The van der Waals surface area contributed by atoms with Crippen molar-refractivity contribution in [1.29, 1.82) is 0 Å². The number of anilines is 1. The molecule has 1 heterocycles. The Labute approximate surface area is 154 Å². The van der Waals surface area contributed by atoms with E-state index in [1.165, 1.54) is 12.1 Å². The molecule has 0 saturated carbocycles. The Morgan fingerprint density at radius 1 is 1.35 bits per heavy atom. The second-order valence-electron chi connectivity index (χ2n) is 7.88. The number of hydrogen-bond acceptors (Lipinski definition) is 4. The fourth-order valence-corrected chi connectivity index (χ4v) is 3.23. The minimum absolute atomic E-state index is 0.128. The number of hydrogen-bond donors (Lipinski definition) is 2. The number of benzene rings is 1. The molecule has 2 rings (SSSR count). The number of rotatable bonds is 6. The lowest BCUT2D eigenvalue weighted by molar-refractivity contribution is -0.131. The van der Waals surface area contributed by atoms with Gasteiger partial charge in [-0.2, -0.15) is 0 Å². The van der Waals surface area contributed by atoms with Crippen LogP contribution in [-0.4, -0.2) is 64.9 Å². The molecule has 0 spiro atoms. The monoisotopic (exact) mass is 361 g/mol. The van der Waals surface area contributed by atoms with Crippen molar-refractivity contribution in [3.05, 3.63) is 29.8 Å². The van der Waals surface area contributed by atoms with Gasteiger partial charge in [0.15, 0.2) is 0 Å². The van der Waals surface area contributed by atoms with E-state index in [-0.39, 0.29) is 35.4 Å². The fraction of sp³-hybridized carbons (Fsp3) is 0.526. The van der Waals surface area contributed by atoms with Gasteiger partial charge in [0.1, 0.15) is 0 Å². The van der Waals surface area contributed by atoms with Crippen LogP contribution >= 0.6 is 0 Å². The highest BCUT2D eigenvalue weighted by atomic mass is 16.4. The first-order valence-electron chi connectivity index (χ1n) is 8.68. The highest BCUT2D eigenvalue weighted by molar-refractivity contribution is 5.94. The highest BCUT2D eigenvalue weighted by Gasteiger charge is 2.36. The van der Waals surface area contributed by atoms with Crippen LogP contribution in [0, 0.1) is 5.92 Å². The van der Waals surface area contributed by atoms with Crippen molar-refractivity contribution in [3.63, 3.8) is 0 Å². The van der Waals surface area contributed by atoms with E-state index in [1.807, 2.05) is 37.6 Å². The van der Waals surface area contributed by atoms with Crippen LogP contribution < -0.4 is 5.32 Å². The number of carbonyl (C=O) groups excluding carboxylic acids is 2. The molecule has 7 heteroatoms. The summed E-state index contributed by atoms with van der Waals surface area (Å²) in [5.41, 5.74) is 0.401. The molecule has 26 heavy (non-hydrogen) atoms. The molecule has 0 radical (unpaired) electrons. The molecule has 1 fully saturated rings. The molecular weight excluding hydrogens is 334 g/mol. The van der Waals surface area contributed by atoms with Crippen molar-refractivity contribution in [2.45, 2.75) is 32.7 Å². The molecule has 1 unspecified atom stereocenters. The van der Waals surface area contributed by atoms with Crippen molar-refractivity contribution >= 4 is 23.5 Å². The van der Waals surface area contributed by atoms with Crippen LogP contribution in [0.1, 0.15) is 37.6 Å². The molecule has 2 N–H and O–H groups in total. The Hall–Kier alpha value is -2.41. The first-order chi connectivity index (χ1) is 12.1. The molecule has 1 aliphatic heterocycles. The van der Waals surface area contributed by atoms with Gasteiger partial charge in [0, 0.05) is 30.7 Å². The van der Waals surface area contributed by atoms with Crippen LogP contribution in [0.25, 0.3) is 0 Å². The number of amides is 2. The van der Waals surface area contributed by atoms with Crippen molar-refractivity contribution in [2.24, 2.45) is 5.92 Å². The van der Waals surface area contributed by atoms with Crippen LogP contribution in [-0.2, 0) is 9.59 Å². The average molecular weight is 361 g/mol. The van der Waals surface area contributed by atoms with Crippen molar-refractivity contribution in [1.82, 2.24) is 9.80 Å². The van der Waals surface area contributed by atoms with E-state index in [2.05, 4.69) is 5.32 Å². The summed E-state index contributed by atoms with van der Waals surface area (Å²) in [5.74, 6) is -0.889. The Bertz CT molecular complexity index is 696. The first-order valence-corrected chi connectivity index (χ1v) is 8.68. The molecule has 0 aliphatic carbocycles. The fourth-order valence-electron chi connectivity index (χ4n) is 3.23. The molecule has 2 amide bonds. The molecule has 142 valence electrons. The predicted molar refractivity (Wildman–Crippen MR) is 99.1 cm³/mol. The van der Waals surface area contributed by atoms with Gasteiger partial charge in [-0.3, -0.25) is 14.5 Å². The normalized spacial score (nSPS) is 17.7. The molecule has 1 aliphatic rings. The van der Waals surface area contributed by atoms with E-state index in [4.69, 9.17) is 5.11 Å². The number of likely N-dealkylation sites (N-methyl/N-ethyl adjacent to an activating group) is 1. The van der Waals surface area contributed by atoms with Gasteiger partial charge in [0.05, 0.1) is 12.1 Å². The van der Waals surface area contributed by atoms with Crippen LogP contribution in [0.15, 0.2) is 24.3 Å². The number of aromatic carboxylic acids is 1. The van der Waals surface area contributed by atoms with Crippen molar-refractivity contribution in [3.8, 4) is 0 Å². The van der Waals surface area contributed by atoms with E-state index >= 15 is 0 Å². The Kier molecular flexibility index (Phi) is 6.02. The van der Waals surface area contributed by atoms with Gasteiger partial charge >= 0.3 is 5.97 Å². The maximum atomic E-state index is 12.2. The summed E-state index contributed by atoms with van der Waals surface area (Å²) in [4.78, 5) is 39.1. The van der Waals surface area contributed by atoms with Gasteiger partial charge in [0.2, 0.25) is 11.8 Å². The molecule has 1 aromatic rings. The van der Waals surface area contributed by atoms with E-state index in [0.717, 1.165) is 0 Å². The van der Waals surface area contributed by atoms with Crippen LogP contribution in [0.5, 0.6) is 0 Å². The Morgan fingerprint density at radius 3 is 2.62 bits per heavy atom. The molecule has 1 atom stereocenters. The van der Waals surface area contributed by atoms with Gasteiger partial charge in [-0.15, -0.1) is 0 Å². The quantitative estimate of drug-likeness (QED) is 0.808. The third kappa shape index (κ3) is 5.29. The SMILES string of the molecule is CN(CC(=O)Nc1cccc(C(=O)O)c1)CC1CC(=O)N(C(C)(C)C)C1. The van der Waals surface area contributed by atoms with Gasteiger partial charge in [-0.25, -0.2) is 4.79 Å². The highest BCUT2D eigenvalue weighted by Crippen LogP contribution is 2.26. The zero-order chi connectivity index (χ0) is 19.5. The predicted octanol–water partition coefficient (Wildman–Crippen LogP) is 1.90. The van der Waals surface area contributed by atoms with Crippen molar-refractivity contribution < 1.29 is 19.5 Å². The molecule has 7 nitrogen and oxygen atoms in total. The Morgan fingerprint density at radius 2 is 2.04 bits per heavy atom. The number of carboxylic acid groups (broad SMARTS) is 1. The average Bonchev–Trinajstić information content (AvgIpc) is 2.87. The number of carbonyl (C=O) groups is 3. The molecule has 1 saturated heterocycles. The van der Waals surface area contributed by atoms with E-state index in [9.17, 15) is 14.4 Å². The maximum Gasteiger partial charge on any atom is 0.335 e.